The van der Waals surface area contributed by atoms with Gasteiger partial charge in [0.2, 0.25) is 0 Å². The van der Waals surface area contributed by atoms with Crippen molar-refractivity contribution in [2.45, 2.75) is 51.4 Å². The van der Waals surface area contributed by atoms with Gasteiger partial charge in [-0.1, -0.05) is 0 Å². The highest BCUT2D eigenvalue weighted by molar-refractivity contribution is 5.68. The van der Waals surface area contributed by atoms with Crippen molar-refractivity contribution in [2.24, 2.45) is 0 Å². The number of hydrogen-bond acceptors (Lipinski definition) is 4. The van der Waals surface area contributed by atoms with Gasteiger partial charge < -0.3 is 9.64 Å². The first-order valence-corrected chi connectivity index (χ1v) is 9.61. The standard InChI is InChI=1S/C21H23F3N4O2/c1-20(2,3)30-19(29)27-6-4-18(5-7-27)28-13-16(12-26-28)15-8-14(11-25)9-17(10-15)21(22,23)24/h8-10,12-13,18H,4-7H2,1-3H3. The van der Waals surface area contributed by atoms with Crippen LogP contribution in [0.3, 0.4) is 0 Å². The fourth-order valence-electron chi connectivity index (χ4n) is 3.35. The molecule has 2 aromatic rings. The molecule has 30 heavy (non-hydrogen) atoms. The smallest absolute Gasteiger partial charge is 0.416 e. The lowest BCUT2D eigenvalue weighted by Gasteiger charge is -2.33. The van der Waals surface area contributed by atoms with Gasteiger partial charge in [0.25, 0.3) is 0 Å². The van der Waals surface area contributed by atoms with E-state index in [4.69, 9.17) is 10.00 Å². The molecule has 3 rings (SSSR count). The van der Waals surface area contributed by atoms with Crippen molar-refractivity contribution < 1.29 is 22.7 Å². The van der Waals surface area contributed by atoms with Crippen LogP contribution < -0.4 is 0 Å². The quantitative estimate of drug-likeness (QED) is 0.685. The zero-order valence-electron chi connectivity index (χ0n) is 17.0. The van der Waals surface area contributed by atoms with Crippen LogP contribution in [0, 0.1) is 11.3 Å². The largest absolute Gasteiger partial charge is 0.444 e. The second-order valence-corrected chi connectivity index (χ2v) is 8.32. The molecule has 0 unspecified atom stereocenters. The van der Waals surface area contributed by atoms with E-state index in [-0.39, 0.29) is 17.7 Å². The van der Waals surface area contributed by atoms with Gasteiger partial charge in [-0.25, -0.2) is 4.79 Å². The van der Waals surface area contributed by atoms with Gasteiger partial charge in [0.05, 0.1) is 29.4 Å². The average Bonchev–Trinajstić information content (AvgIpc) is 3.16. The Morgan fingerprint density at radius 2 is 1.83 bits per heavy atom. The summed E-state index contributed by atoms with van der Waals surface area (Å²) >= 11 is 0. The third-order valence-electron chi connectivity index (χ3n) is 4.81. The van der Waals surface area contributed by atoms with Gasteiger partial charge in [-0.2, -0.15) is 23.5 Å². The van der Waals surface area contributed by atoms with Crippen LogP contribution in [0.25, 0.3) is 11.1 Å². The molecule has 0 aliphatic carbocycles. The van der Waals surface area contributed by atoms with E-state index in [2.05, 4.69) is 5.10 Å². The van der Waals surface area contributed by atoms with E-state index in [1.165, 1.54) is 12.3 Å². The molecule has 0 N–H and O–H groups in total. The molecule has 2 heterocycles. The zero-order valence-corrected chi connectivity index (χ0v) is 17.0. The Labute approximate surface area is 172 Å². The van der Waals surface area contributed by atoms with Gasteiger partial charge in [0.15, 0.2) is 0 Å². The number of amides is 1. The third-order valence-corrected chi connectivity index (χ3v) is 4.81. The second-order valence-electron chi connectivity index (χ2n) is 8.32. The molecule has 1 aromatic heterocycles. The Bertz CT molecular complexity index is 962. The number of halogens is 3. The molecule has 0 saturated carbocycles. The van der Waals surface area contributed by atoms with Gasteiger partial charge in [-0.3, -0.25) is 4.68 Å². The van der Waals surface area contributed by atoms with E-state index in [1.807, 2.05) is 20.8 Å². The number of ether oxygens (including phenoxy) is 1. The van der Waals surface area contributed by atoms with Crippen LogP contribution in [0.5, 0.6) is 0 Å². The monoisotopic (exact) mass is 420 g/mol. The Kier molecular flexibility index (Phi) is 5.79. The first-order valence-electron chi connectivity index (χ1n) is 9.61. The first kappa shape index (κ1) is 21.7. The molecule has 1 amide bonds. The summed E-state index contributed by atoms with van der Waals surface area (Å²) in [4.78, 5) is 13.8. The summed E-state index contributed by atoms with van der Waals surface area (Å²) in [6.45, 7) is 6.46. The first-order chi connectivity index (χ1) is 14.0. The lowest BCUT2D eigenvalue weighted by molar-refractivity contribution is -0.137. The lowest BCUT2D eigenvalue weighted by Crippen LogP contribution is -2.42. The molecule has 1 fully saturated rings. The molecule has 160 valence electrons. The molecule has 0 atom stereocenters. The molecule has 1 aliphatic rings. The number of likely N-dealkylation sites (tertiary alicyclic amines) is 1. The number of piperidine rings is 1. The number of nitriles is 1. The minimum atomic E-state index is -4.54. The molecular weight excluding hydrogens is 397 g/mol. The molecule has 1 aromatic carbocycles. The summed E-state index contributed by atoms with van der Waals surface area (Å²) < 4.78 is 46.5. The number of nitrogens with zero attached hydrogens (tertiary/aromatic N) is 4. The summed E-state index contributed by atoms with van der Waals surface area (Å²) in [5.74, 6) is 0. The van der Waals surface area contributed by atoms with Crippen LogP contribution in [-0.2, 0) is 10.9 Å². The van der Waals surface area contributed by atoms with E-state index in [0.29, 0.717) is 37.1 Å². The van der Waals surface area contributed by atoms with Crippen LogP contribution in [0.2, 0.25) is 0 Å². The predicted octanol–water partition coefficient (Wildman–Crippen LogP) is 5.01. The number of carbonyl (C=O) groups is 1. The molecule has 0 spiro atoms. The van der Waals surface area contributed by atoms with Crippen molar-refractivity contribution in [3.05, 3.63) is 41.7 Å². The van der Waals surface area contributed by atoms with E-state index in [0.717, 1.165) is 12.1 Å². The van der Waals surface area contributed by atoms with Gasteiger partial charge in [-0.15, -0.1) is 0 Å². The van der Waals surface area contributed by atoms with Crippen LogP contribution in [0.4, 0.5) is 18.0 Å². The fourth-order valence-corrected chi connectivity index (χ4v) is 3.35. The van der Waals surface area contributed by atoms with Crippen molar-refractivity contribution >= 4 is 6.09 Å². The Hall–Kier alpha value is -3.02. The fraction of sp³-hybridized carbons (Fsp3) is 0.476. The van der Waals surface area contributed by atoms with Crippen LogP contribution in [0.1, 0.15) is 50.8 Å². The molecule has 0 bridgehead atoms. The SMILES string of the molecule is CC(C)(C)OC(=O)N1CCC(n2cc(-c3cc(C#N)cc(C(F)(F)F)c3)cn2)CC1. The van der Waals surface area contributed by atoms with Crippen molar-refractivity contribution in [3.63, 3.8) is 0 Å². The molecule has 1 saturated heterocycles. The lowest BCUT2D eigenvalue weighted by atomic mass is 10.0. The van der Waals surface area contributed by atoms with E-state index in [1.54, 1.807) is 21.8 Å². The summed E-state index contributed by atoms with van der Waals surface area (Å²) in [5.41, 5.74) is -0.683. The number of hydrogen-bond donors (Lipinski definition) is 0. The maximum Gasteiger partial charge on any atom is 0.416 e. The normalized spacial score (nSPS) is 15.7. The topological polar surface area (TPSA) is 71.2 Å². The van der Waals surface area contributed by atoms with Gasteiger partial charge >= 0.3 is 12.3 Å². The summed E-state index contributed by atoms with van der Waals surface area (Å²) in [6, 6.07) is 5.07. The Balaban J connectivity index is 1.72. The van der Waals surface area contributed by atoms with Crippen LogP contribution in [-0.4, -0.2) is 39.5 Å². The highest BCUT2D eigenvalue weighted by Crippen LogP contribution is 2.34. The third kappa shape index (κ3) is 5.12. The van der Waals surface area contributed by atoms with Crippen molar-refractivity contribution in [2.75, 3.05) is 13.1 Å². The Morgan fingerprint density at radius 1 is 1.17 bits per heavy atom. The Morgan fingerprint density at radius 3 is 2.40 bits per heavy atom. The van der Waals surface area contributed by atoms with Crippen LogP contribution in [0.15, 0.2) is 30.6 Å². The second kappa shape index (κ2) is 8.01. The number of carbonyl (C=O) groups excluding carboxylic acids is 1. The molecular formula is C21H23F3N4O2. The summed E-state index contributed by atoms with van der Waals surface area (Å²) in [6.07, 6.45) is -0.387. The maximum absolute atomic E-state index is 13.1. The van der Waals surface area contributed by atoms with E-state index >= 15 is 0 Å². The number of alkyl halides is 3. The van der Waals surface area contributed by atoms with Gasteiger partial charge in [0.1, 0.15) is 5.60 Å². The molecule has 1 aliphatic heterocycles. The van der Waals surface area contributed by atoms with Crippen molar-refractivity contribution in [1.82, 2.24) is 14.7 Å². The maximum atomic E-state index is 13.1. The van der Waals surface area contributed by atoms with E-state index in [9.17, 15) is 18.0 Å². The summed E-state index contributed by atoms with van der Waals surface area (Å²) in [7, 11) is 0. The minimum Gasteiger partial charge on any atom is -0.444 e. The average molecular weight is 420 g/mol. The van der Waals surface area contributed by atoms with Crippen molar-refractivity contribution in [3.8, 4) is 17.2 Å². The van der Waals surface area contributed by atoms with Crippen LogP contribution >= 0.6 is 0 Å². The number of aromatic nitrogens is 2. The number of rotatable bonds is 2. The van der Waals surface area contributed by atoms with E-state index < -0.39 is 17.3 Å². The molecule has 9 heteroatoms. The zero-order chi connectivity index (χ0) is 22.1. The van der Waals surface area contributed by atoms with Gasteiger partial charge in [-0.05, 0) is 57.4 Å². The summed E-state index contributed by atoms with van der Waals surface area (Å²) in [5, 5.41) is 13.4. The highest BCUT2D eigenvalue weighted by Gasteiger charge is 2.32. The van der Waals surface area contributed by atoms with Gasteiger partial charge in [0, 0.05) is 24.8 Å². The predicted molar refractivity (Wildman–Crippen MR) is 103 cm³/mol. The number of benzene rings is 1. The van der Waals surface area contributed by atoms with Crippen molar-refractivity contribution in [1.29, 1.82) is 5.26 Å². The molecule has 6 nitrogen and oxygen atoms in total. The minimum absolute atomic E-state index is 0.0265. The highest BCUT2D eigenvalue weighted by atomic mass is 19.4. The molecule has 0 radical (unpaired) electrons.